The molecule has 0 atom stereocenters. The average molecular weight is 267 g/mol. The van der Waals surface area contributed by atoms with Crippen LogP contribution in [0, 0.1) is 3.57 Å². The Kier molecular flexibility index (Phi) is 2.62. The molecule has 1 aromatic heterocycles. The fraction of sp³-hybridized carbons (Fsp3) is 0. The first-order valence-electron chi connectivity index (χ1n) is 2.50. The molecule has 0 aliphatic rings. The van der Waals surface area contributed by atoms with Crippen LogP contribution in [-0.2, 0) is 0 Å². The average Bonchev–Trinajstić information content (AvgIpc) is 1.88. The van der Waals surface area contributed by atoms with Crippen molar-refractivity contribution in [1.82, 2.24) is 4.98 Å². The van der Waals surface area contributed by atoms with Crippen molar-refractivity contribution in [2.75, 3.05) is 0 Å². The van der Waals surface area contributed by atoms with Crippen molar-refractivity contribution in [2.24, 2.45) is 0 Å². The van der Waals surface area contributed by atoms with E-state index in [2.05, 4.69) is 27.6 Å². The van der Waals surface area contributed by atoms with Crippen LogP contribution in [0.1, 0.15) is 10.4 Å². The number of hydrogen-bond acceptors (Lipinski definition) is 2. The van der Waals surface area contributed by atoms with Crippen LogP contribution in [0.5, 0.6) is 0 Å². The van der Waals surface area contributed by atoms with Gasteiger partial charge < -0.3 is 0 Å². The van der Waals surface area contributed by atoms with Crippen LogP contribution in [0.15, 0.2) is 18.5 Å². The maximum atomic E-state index is 10.5. The summed E-state index contributed by atoms with van der Waals surface area (Å²) < 4.78 is 0.907. The molecule has 1 aromatic rings. The maximum absolute atomic E-state index is 10.5. The van der Waals surface area contributed by atoms with Gasteiger partial charge >= 0.3 is 0 Å². The SMILES string of the molecule is O=C(Cl)c1cncc(I)c1. The molecule has 52 valence electrons. The van der Waals surface area contributed by atoms with Crippen LogP contribution >= 0.6 is 34.2 Å². The summed E-state index contributed by atoms with van der Waals surface area (Å²) in [6.45, 7) is 0. The summed E-state index contributed by atoms with van der Waals surface area (Å²) in [5.41, 5.74) is 0.438. The van der Waals surface area contributed by atoms with Crippen LogP contribution in [0.2, 0.25) is 0 Å². The van der Waals surface area contributed by atoms with E-state index in [1.165, 1.54) is 6.20 Å². The molecule has 0 saturated heterocycles. The Bertz CT molecular complexity index is 264. The molecule has 0 radical (unpaired) electrons. The van der Waals surface area contributed by atoms with E-state index < -0.39 is 5.24 Å². The second-order valence-corrected chi connectivity index (χ2v) is 3.25. The summed E-state index contributed by atoms with van der Waals surface area (Å²) in [4.78, 5) is 14.3. The lowest BCUT2D eigenvalue weighted by atomic mass is 10.3. The number of halogens is 2. The molecule has 0 N–H and O–H groups in total. The number of aromatic nitrogens is 1. The van der Waals surface area contributed by atoms with E-state index in [-0.39, 0.29) is 0 Å². The highest BCUT2D eigenvalue weighted by Crippen LogP contribution is 2.07. The number of carbonyl (C=O) groups excluding carboxylic acids is 1. The van der Waals surface area contributed by atoms with Crippen molar-refractivity contribution >= 4 is 39.4 Å². The monoisotopic (exact) mass is 267 g/mol. The highest BCUT2D eigenvalue weighted by atomic mass is 127. The minimum atomic E-state index is -0.467. The molecule has 4 heteroatoms. The molecule has 10 heavy (non-hydrogen) atoms. The molecule has 0 unspecified atom stereocenters. The summed E-state index contributed by atoms with van der Waals surface area (Å²) in [5.74, 6) is 0. The largest absolute Gasteiger partial charge is 0.276 e. The van der Waals surface area contributed by atoms with Crippen molar-refractivity contribution in [3.63, 3.8) is 0 Å². The molecule has 0 aliphatic carbocycles. The van der Waals surface area contributed by atoms with E-state index in [0.29, 0.717) is 5.56 Å². The minimum Gasteiger partial charge on any atom is -0.276 e. The molecule has 0 aliphatic heterocycles. The van der Waals surface area contributed by atoms with Gasteiger partial charge in [-0.1, -0.05) is 0 Å². The van der Waals surface area contributed by atoms with Gasteiger partial charge in [0.25, 0.3) is 5.24 Å². The zero-order valence-corrected chi connectivity index (χ0v) is 7.76. The fourth-order valence-electron chi connectivity index (χ4n) is 0.519. The van der Waals surface area contributed by atoms with E-state index in [1.54, 1.807) is 12.3 Å². The minimum absolute atomic E-state index is 0.438. The van der Waals surface area contributed by atoms with Crippen LogP contribution in [0.3, 0.4) is 0 Å². The Morgan fingerprint density at radius 1 is 1.60 bits per heavy atom. The first-order chi connectivity index (χ1) is 4.70. The summed E-state index contributed by atoms with van der Waals surface area (Å²) in [5, 5.41) is -0.467. The maximum Gasteiger partial charge on any atom is 0.253 e. The van der Waals surface area contributed by atoms with Crippen molar-refractivity contribution < 1.29 is 4.79 Å². The lowest BCUT2D eigenvalue weighted by Gasteiger charge is -1.91. The number of nitrogens with zero attached hydrogens (tertiary/aromatic N) is 1. The third kappa shape index (κ3) is 1.91. The van der Waals surface area contributed by atoms with E-state index in [9.17, 15) is 4.79 Å². The predicted molar refractivity (Wildman–Crippen MR) is 47.1 cm³/mol. The second kappa shape index (κ2) is 3.30. The molecule has 2 nitrogen and oxygen atoms in total. The van der Waals surface area contributed by atoms with E-state index in [0.717, 1.165) is 3.57 Å². The Balaban J connectivity index is 3.07. The first kappa shape index (κ1) is 7.94. The van der Waals surface area contributed by atoms with Crippen LogP contribution in [0.4, 0.5) is 0 Å². The van der Waals surface area contributed by atoms with Crippen molar-refractivity contribution in [1.29, 1.82) is 0 Å². The van der Waals surface area contributed by atoms with Gasteiger partial charge in [-0.15, -0.1) is 0 Å². The van der Waals surface area contributed by atoms with Crippen molar-refractivity contribution in [2.45, 2.75) is 0 Å². The van der Waals surface area contributed by atoms with E-state index >= 15 is 0 Å². The topological polar surface area (TPSA) is 30.0 Å². The Hall–Kier alpha value is -0.160. The van der Waals surface area contributed by atoms with Gasteiger partial charge in [-0.2, -0.15) is 0 Å². The molecule has 0 bridgehead atoms. The second-order valence-electron chi connectivity index (χ2n) is 1.67. The zero-order valence-electron chi connectivity index (χ0n) is 4.84. The Morgan fingerprint density at radius 3 is 2.70 bits per heavy atom. The van der Waals surface area contributed by atoms with Gasteiger partial charge in [0.1, 0.15) is 0 Å². The lowest BCUT2D eigenvalue weighted by molar-refractivity contribution is 0.108. The standard InChI is InChI=1S/C6H3ClINO/c7-6(10)4-1-5(8)3-9-2-4/h1-3H. The van der Waals surface area contributed by atoms with Gasteiger partial charge in [-0.05, 0) is 40.3 Å². The van der Waals surface area contributed by atoms with Gasteiger partial charge in [0.2, 0.25) is 0 Å². The lowest BCUT2D eigenvalue weighted by Crippen LogP contribution is -1.89. The van der Waals surface area contributed by atoms with E-state index in [1.807, 2.05) is 0 Å². The first-order valence-corrected chi connectivity index (χ1v) is 3.96. The summed E-state index contributed by atoms with van der Waals surface area (Å²) in [6, 6.07) is 1.68. The smallest absolute Gasteiger partial charge is 0.253 e. The third-order valence-corrected chi connectivity index (χ3v) is 1.74. The molecule has 0 spiro atoms. The summed E-state index contributed by atoms with van der Waals surface area (Å²) in [6.07, 6.45) is 3.10. The molecular formula is C6H3ClINO. The Labute approximate surface area is 76.7 Å². The van der Waals surface area contributed by atoms with Crippen LogP contribution in [-0.4, -0.2) is 10.2 Å². The molecular weight excluding hydrogens is 264 g/mol. The highest BCUT2D eigenvalue weighted by molar-refractivity contribution is 14.1. The molecule has 0 amide bonds. The van der Waals surface area contributed by atoms with Crippen LogP contribution < -0.4 is 0 Å². The summed E-state index contributed by atoms with van der Waals surface area (Å²) >= 11 is 7.26. The van der Waals surface area contributed by atoms with Crippen LogP contribution in [0.25, 0.3) is 0 Å². The Morgan fingerprint density at radius 2 is 2.30 bits per heavy atom. The van der Waals surface area contributed by atoms with Gasteiger partial charge in [-0.3, -0.25) is 9.78 Å². The molecule has 0 aromatic carbocycles. The van der Waals surface area contributed by atoms with Gasteiger partial charge in [0.15, 0.2) is 0 Å². The quantitative estimate of drug-likeness (QED) is 0.576. The third-order valence-electron chi connectivity index (χ3n) is 0.932. The van der Waals surface area contributed by atoms with Gasteiger partial charge in [0.05, 0.1) is 5.56 Å². The molecule has 0 saturated carbocycles. The van der Waals surface area contributed by atoms with Crippen molar-refractivity contribution in [3.05, 3.63) is 27.6 Å². The number of carbonyl (C=O) groups is 1. The normalized spacial score (nSPS) is 9.40. The predicted octanol–water partition coefficient (Wildman–Crippen LogP) is 2.07. The summed E-state index contributed by atoms with van der Waals surface area (Å²) in [7, 11) is 0. The highest BCUT2D eigenvalue weighted by Gasteiger charge is 2.00. The van der Waals surface area contributed by atoms with E-state index in [4.69, 9.17) is 11.6 Å². The zero-order chi connectivity index (χ0) is 7.56. The fourth-order valence-corrected chi connectivity index (χ4v) is 1.12. The molecule has 1 rings (SSSR count). The number of pyridine rings is 1. The van der Waals surface area contributed by atoms with Gasteiger partial charge in [0, 0.05) is 16.0 Å². The number of hydrogen-bond donors (Lipinski definition) is 0. The van der Waals surface area contributed by atoms with Gasteiger partial charge in [-0.25, -0.2) is 0 Å². The van der Waals surface area contributed by atoms with Crippen molar-refractivity contribution in [3.8, 4) is 0 Å². The molecule has 0 fully saturated rings. The number of rotatable bonds is 1. The molecule has 1 heterocycles.